The summed E-state index contributed by atoms with van der Waals surface area (Å²) in [6, 6.07) is 16.5. The van der Waals surface area contributed by atoms with Gasteiger partial charge in [-0.15, -0.1) is 0 Å². The summed E-state index contributed by atoms with van der Waals surface area (Å²) in [4.78, 5) is 17.0. The lowest BCUT2D eigenvalue weighted by molar-refractivity contribution is 0.0832. The first-order valence-electron chi connectivity index (χ1n) is 13.5. The van der Waals surface area contributed by atoms with E-state index in [9.17, 15) is 0 Å². The summed E-state index contributed by atoms with van der Waals surface area (Å²) in [6.45, 7) is 6.71. The second-order valence-corrected chi connectivity index (χ2v) is 10.9. The Labute approximate surface area is 226 Å². The molecule has 0 saturated carbocycles. The Balaban J connectivity index is 1.06. The van der Waals surface area contributed by atoms with Crippen LogP contribution < -0.4 is 9.64 Å². The van der Waals surface area contributed by atoms with Crippen molar-refractivity contribution in [3.63, 3.8) is 0 Å². The van der Waals surface area contributed by atoms with Gasteiger partial charge in [-0.25, -0.2) is 9.97 Å². The van der Waals surface area contributed by atoms with Crippen LogP contribution in [0, 0.1) is 16.7 Å². The molecule has 0 bridgehead atoms. The van der Waals surface area contributed by atoms with Crippen LogP contribution in [0.3, 0.4) is 0 Å². The maximum Gasteiger partial charge on any atom is 0.137 e. The molecule has 5 aromatic rings. The second-order valence-electron chi connectivity index (χ2n) is 10.9. The molecule has 9 nitrogen and oxygen atoms in total. The molecule has 39 heavy (non-hydrogen) atoms. The standard InChI is InChI=1S/C30H30N8O/c1-20(23-6-11-32-29-24(23)7-12-33-29)39-22-3-4-26-25(16-22)28(36-35-26)21-2-5-27(34-17-21)38-18-30(19-38)8-13-37(14-9-30)15-10-31/h2-7,11-12,16-17,20H,8-9,13-15,18-19H2,1H3,(H,32,33)(H,35,36). The highest BCUT2D eigenvalue weighted by atomic mass is 16.5. The monoisotopic (exact) mass is 518 g/mol. The van der Waals surface area contributed by atoms with Gasteiger partial charge in [0.2, 0.25) is 0 Å². The smallest absolute Gasteiger partial charge is 0.137 e. The van der Waals surface area contributed by atoms with E-state index in [1.54, 1.807) is 0 Å². The Bertz CT molecular complexity index is 1670. The molecule has 6 heterocycles. The summed E-state index contributed by atoms with van der Waals surface area (Å²) >= 11 is 0. The largest absolute Gasteiger partial charge is 0.486 e. The highest BCUT2D eigenvalue weighted by molar-refractivity contribution is 5.93. The fourth-order valence-electron chi connectivity index (χ4n) is 6.13. The molecular weight excluding hydrogens is 488 g/mol. The van der Waals surface area contributed by atoms with E-state index in [0.717, 1.165) is 89.3 Å². The average Bonchev–Trinajstić information content (AvgIpc) is 3.60. The second kappa shape index (κ2) is 9.40. The number of nitriles is 1. The zero-order chi connectivity index (χ0) is 26.4. The van der Waals surface area contributed by atoms with Crippen molar-refractivity contribution in [1.82, 2.24) is 30.0 Å². The highest BCUT2D eigenvalue weighted by Gasteiger charge is 2.45. The number of H-pyrrole nitrogens is 2. The quantitative estimate of drug-likeness (QED) is 0.302. The van der Waals surface area contributed by atoms with E-state index in [2.05, 4.69) is 55.1 Å². The van der Waals surface area contributed by atoms with Crippen LogP contribution in [0.15, 0.2) is 61.1 Å². The fraction of sp³-hybridized carbons (Fsp3) is 0.333. The average molecular weight is 519 g/mol. The Hall–Kier alpha value is -4.42. The predicted octanol–water partition coefficient (Wildman–Crippen LogP) is 5.07. The summed E-state index contributed by atoms with van der Waals surface area (Å²) in [6.07, 6.45) is 7.80. The molecular formula is C30H30N8O. The van der Waals surface area contributed by atoms with Crippen molar-refractivity contribution < 1.29 is 4.74 Å². The third-order valence-corrected chi connectivity index (χ3v) is 8.39. The van der Waals surface area contributed by atoms with Gasteiger partial charge in [-0.1, -0.05) is 0 Å². The molecule has 2 fully saturated rings. The van der Waals surface area contributed by atoms with Crippen molar-refractivity contribution in [3.05, 3.63) is 66.6 Å². The maximum absolute atomic E-state index is 8.95. The van der Waals surface area contributed by atoms with Gasteiger partial charge >= 0.3 is 0 Å². The first-order chi connectivity index (χ1) is 19.1. The molecule has 0 radical (unpaired) electrons. The third-order valence-electron chi connectivity index (χ3n) is 8.39. The van der Waals surface area contributed by atoms with Gasteiger partial charge in [0, 0.05) is 59.0 Å². The van der Waals surface area contributed by atoms with Crippen molar-refractivity contribution in [2.45, 2.75) is 25.9 Å². The van der Waals surface area contributed by atoms with E-state index in [4.69, 9.17) is 15.0 Å². The van der Waals surface area contributed by atoms with Crippen LogP contribution in [-0.4, -0.2) is 62.8 Å². The van der Waals surface area contributed by atoms with E-state index < -0.39 is 0 Å². The minimum absolute atomic E-state index is 0.140. The number of rotatable bonds is 6. The Morgan fingerprint density at radius 2 is 1.95 bits per heavy atom. The molecule has 2 N–H and O–H groups in total. The number of aromatic amines is 2. The minimum atomic E-state index is -0.140. The van der Waals surface area contributed by atoms with Gasteiger partial charge in [0.1, 0.15) is 29.0 Å². The highest BCUT2D eigenvalue weighted by Crippen LogP contribution is 2.42. The zero-order valence-corrected chi connectivity index (χ0v) is 21.9. The molecule has 0 aliphatic carbocycles. The van der Waals surface area contributed by atoms with Crippen molar-refractivity contribution in [2.75, 3.05) is 37.6 Å². The minimum Gasteiger partial charge on any atom is -0.486 e. The van der Waals surface area contributed by atoms with E-state index in [0.29, 0.717) is 12.0 Å². The number of nitrogens with zero attached hydrogens (tertiary/aromatic N) is 6. The van der Waals surface area contributed by atoms with Crippen molar-refractivity contribution >= 4 is 27.8 Å². The number of pyridine rings is 2. The Morgan fingerprint density at radius 1 is 1.08 bits per heavy atom. The SMILES string of the molecule is CC(Oc1ccc2[nH]nc(-c3ccc(N4CC5(CCN(CC#N)CC5)C4)nc3)c2c1)c1ccnc2[nH]ccc12. The lowest BCUT2D eigenvalue weighted by Gasteiger charge is -2.54. The summed E-state index contributed by atoms with van der Waals surface area (Å²) in [5, 5.41) is 18.8. The molecule has 196 valence electrons. The molecule has 2 saturated heterocycles. The van der Waals surface area contributed by atoms with Gasteiger partial charge in [-0.05, 0) is 75.3 Å². The van der Waals surface area contributed by atoms with Gasteiger partial charge in [0.15, 0.2) is 0 Å². The summed E-state index contributed by atoms with van der Waals surface area (Å²) in [7, 11) is 0. The molecule has 2 aliphatic heterocycles. The summed E-state index contributed by atoms with van der Waals surface area (Å²) < 4.78 is 6.37. The normalized spacial score (nSPS) is 17.8. The molecule has 9 heteroatoms. The van der Waals surface area contributed by atoms with Gasteiger partial charge in [0.05, 0.1) is 18.1 Å². The molecule has 1 spiro atoms. The lowest BCUT2D eigenvalue weighted by atomic mass is 9.72. The molecule has 0 amide bonds. The van der Waals surface area contributed by atoms with E-state index in [1.807, 2.05) is 48.9 Å². The van der Waals surface area contributed by atoms with E-state index in [-0.39, 0.29) is 6.10 Å². The van der Waals surface area contributed by atoms with Gasteiger partial charge in [-0.3, -0.25) is 10.00 Å². The molecule has 4 aromatic heterocycles. The number of ether oxygens (including phenoxy) is 1. The van der Waals surface area contributed by atoms with Crippen molar-refractivity contribution in [2.24, 2.45) is 5.41 Å². The van der Waals surface area contributed by atoms with E-state index in [1.165, 1.54) is 0 Å². The number of aromatic nitrogens is 5. The number of nitrogens with one attached hydrogen (secondary N) is 2. The number of hydrogen-bond donors (Lipinski definition) is 2. The number of likely N-dealkylation sites (tertiary alicyclic amines) is 1. The number of benzene rings is 1. The first-order valence-corrected chi connectivity index (χ1v) is 13.5. The van der Waals surface area contributed by atoms with Crippen molar-refractivity contribution in [3.8, 4) is 23.1 Å². The number of hydrogen-bond acceptors (Lipinski definition) is 7. The van der Waals surface area contributed by atoms with Crippen LogP contribution in [0.1, 0.15) is 31.4 Å². The van der Waals surface area contributed by atoms with Gasteiger partial charge in [0.25, 0.3) is 0 Å². The van der Waals surface area contributed by atoms with E-state index >= 15 is 0 Å². The number of piperidine rings is 1. The van der Waals surface area contributed by atoms with Crippen LogP contribution >= 0.6 is 0 Å². The first kappa shape index (κ1) is 23.7. The molecule has 1 atom stereocenters. The summed E-state index contributed by atoms with van der Waals surface area (Å²) in [5.74, 6) is 1.80. The number of fused-ring (bicyclic) bond motifs is 2. The predicted molar refractivity (Wildman–Crippen MR) is 150 cm³/mol. The zero-order valence-electron chi connectivity index (χ0n) is 21.9. The molecule has 1 aromatic carbocycles. The summed E-state index contributed by atoms with van der Waals surface area (Å²) in [5.41, 5.74) is 5.12. The Morgan fingerprint density at radius 3 is 2.74 bits per heavy atom. The lowest BCUT2D eigenvalue weighted by Crippen LogP contribution is -2.60. The van der Waals surface area contributed by atoms with Crippen LogP contribution in [0.4, 0.5) is 5.82 Å². The van der Waals surface area contributed by atoms with Crippen LogP contribution in [-0.2, 0) is 0 Å². The molecule has 1 unspecified atom stereocenters. The van der Waals surface area contributed by atoms with Crippen LogP contribution in [0.5, 0.6) is 5.75 Å². The molecule has 7 rings (SSSR count). The Kier molecular flexibility index (Phi) is 5.71. The fourth-order valence-corrected chi connectivity index (χ4v) is 6.13. The third kappa shape index (κ3) is 4.27. The molecule has 2 aliphatic rings. The van der Waals surface area contributed by atoms with Crippen LogP contribution in [0.25, 0.3) is 33.2 Å². The van der Waals surface area contributed by atoms with Gasteiger partial charge in [-0.2, -0.15) is 10.4 Å². The maximum atomic E-state index is 8.95. The number of anilines is 1. The van der Waals surface area contributed by atoms with Crippen LogP contribution in [0.2, 0.25) is 0 Å². The van der Waals surface area contributed by atoms with Crippen molar-refractivity contribution in [1.29, 1.82) is 5.26 Å². The van der Waals surface area contributed by atoms with Gasteiger partial charge < -0.3 is 14.6 Å². The topological polar surface area (TPSA) is 110 Å².